The van der Waals surface area contributed by atoms with Crippen molar-refractivity contribution in [2.24, 2.45) is 0 Å². The van der Waals surface area contributed by atoms with Gasteiger partial charge in [0.25, 0.3) is 0 Å². The van der Waals surface area contributed by atoms with Crippen LogP contribution in [-0.2, 0) is 4.74 Å². The maximum absolute atomic E-state index is 5.87. The number of thiocarbonyl (C=S) groups is 1. The Morgan fingerprint density at radius 3 is 1.96 bits per heavy atom. The minimum atomic E-state index is 0.372. The van der Waals surface area contributed by atoms with Gasteiger partial charge in [0.15, 0.2) is 18.4 Å². The summed E-state index contributed by atoms with van der Waals surface area (Å²) in [4.78, 5) is 5.97. The third-order valence-corrected chi connectivity index (χ3v) is 5.34. The largest absolute Gasteiger partial charge is 0.372 e. The Balaban J connectivity index is 1.60. The number of rotatable bonds is 4. The van der Waals surface area contributed by atoms with Crippen molar-refractivity contribution in [2.45, 2.75) is 18.9 Å². The first-order valence-corrected chi connectivity index (χ1v) is 9.36. The van der Waals surface area contributed by atoms with Crippen LogP contribution in [0, 0.1) is 0 Å². The average molecular weight is 354 g/mol. The van der Waals surface area contributed by atoms with Gasteiger partial charge >= 0.3 is 0 Å². The fourth-order valence-corrected chi connectivity index (χ4v) is 3.99. The summed E-state index contributed by atoms with van der Waals surface area (Å²) in [5.41, 5.74) is 2.30. The van der Waals surface area contributed by atoms with Gasteiger partial charge in [-0.3, -0.25) is 14.7 Å². The summed E-state index contributed by atoms with van der Waals surface area (Å²) in [6, 6.07) is 20.9. The second-order valence-corrected chi connectivity index (χ2v) is 7.08. The summed E-state index contributed by atoms with van der Waals surface area (Å²) in [5.74, 6) is 0. The number of quaternary nitrogens is 1. The van der Waals surface area contributed by atoms with Gasteiger partial charge in [0.05, 0.1) is 0 Å². The fraction of sp³-hybridized carbons (Fsp3) is 0.350. The lowest BCUT2D eigenvalue weighted by molar-refractivity contribution is -0.902. The van der Waals surface area contributed by atoms with Crippen molar-refractivity contribution < 1.29 is 9.64 Å². The van der Waals surface area contributed by atoms with Crippen LogP contribution in [0.1, 0.15) is 12.8 Å². The van der Waals surface area contributed by atoms with E-state index in [1.54, 1.807) is 0 Å². The number of ether oxygens (including phenoxy) is 1. The van der Waals surface area contributed by atoms with E-state index < -0.39 is 0 Å². The van der Waals surface area contributed by atoms with Gasteiger partial charge in [-0.25, -0.2) is 0 Å². The minimum absolute atomic E-state index is 0.372. The Labute approximate surface area is 154 Å². The van der Waals surface area contributed by atoms with E-state index in [2.05, 4.69) is 58.3 Å². The summed E-state index contributed by atoms with van der Waals surface area (Å²) >= 11 is 5.86. The third kappa shape index (κ3) is 3.68. The smallest absolute Gasteiger partial charge is 0.189 e. The third-order valence-electron chi connectivity index (χ3n) is 4.90. The number of nitrogens with one attached hydrogen (secondary N) is 1. The molecule has 0 spiro atoms. The molecule has 0 aromatic heterocycles. The molecule has 0 unspecified atom stereocenters. The highest BCUT2D eigenvalue weighted by molar-refractivity contribution is 7.80. The maximum Gasteiger partial charge on any atom is 0.189 e. The molecule has 1 N–H and O–H groups in total. The van der Waals surface area contributed by atoms with Gasteiger partial charge in [-0.05, 0) is 49.3 Å². The van der Waals surface area contributed by atoms with Gasteiger partial charge in [-0.15, -0.1) is 0 Å². The van der Waals surface area contributed by atoms with Crippen LogP contribution in [0.2, 0.25) is 0 Å². The van der Waals surface area contributed by atoms with Gasteiger partial charge in [0.1, 0.15) is 12.6 Å². The van der Waals surface area contributed by atoms with Crippen molar-refractivity contribution in [2.75, 3.05) is 36.3 Å². The summed E-state index contributed by atoms with van der Waals surface area (Å²) in [6.07, 6.45) is 2.73. The van der Waals surface area contributed by atoms with Gasteiger partial charge in [0, 0.05) is 18.0 Å². The maximum atomic E-state index is 5.87. The second-order valence-electron chi connectivity index (χ2n) is 6.72. The first-order chi connectivity index (χ1) is 12.3. The molecule has 2 aromatic carbocycles. The topological polar surface area (TPSA) is 20.1 Å². The highest BCUT2D eigenvalue weighted by atomic mass is 32.1. The minimum Gasteiger partial charge on any atom is -0.372 e. The van der Waals surface area contributed by atoms with Gasteiger partial charge in [0.2, 0.25) is 0 Å². The lowest BCUT2D eigenvalue weighted by Crippen LogP contribution is -3.18. The number of nitrogens with zero attached hydrogens (tertiary/aromatic N) is 2. The van der Waals surface area contributed by atoms with Gasteiger partial charge in [-0.1, -0.05) is 36.4 Å². The quantitative estimate of drug-likeness (QED) is 0.850. The molecular weight excluding hydrogens is 330 g/mol. The molecule has 0 amide bonds. The van der Waals surface area contributed by atoms with Crippen molar-refractivity contribution in [1.82, 2.24) is 0 Å². The van der Waals surface area contributed by atoms with Crippen LogP contribution < -0.4 is 14.7 Å². The molecule has 2 aliphatic rings. The van der Waals surface area contributed by atoms with Crippen LogP contribution in [0.5, 0.6) is 0 Å². The Morgan fingerprint density at radius 2 is 1.48 bits per heavy atom. The molecule has 4 rings (SSSR count). The van der Waals surface area contributed by atoms with Gasteiger partial charge in [-0.2, -0.15) is 0 Å². The molecule has 2 aliphatic heterocycles. The van der Waals surface area contributed by atoms with Crippen molar-refractivity contribution in [3.63, 3.8) is 0 Å². The zero-order valence-corrected chi connectivity index (χ0v) is 15.1. The Morgan fingerprint density at radius 1 is 0.920 bits per heavy atom. The van der Waals surface area contributed by atoms with Crippen LogP contribution in [0.25, 0.3) is 0 Å². The monoisotopic (exact) mass is 354 g/mol. The number of anilines is 2. The molecule has 0 radical (unpaired) electrons. The van der Waals surface area contributed by atoms with Crippen LogP contribution in [0.3, 0.4) is 0 Å². The van der Waals surface area contributed by atoms with Gasteiger partial charge < -0.3 is 4.74 Å². The Bertz CT molecular complexity index is 652. The van der Waals surface area contributed by atoms with Crippen molar-refractivity contribution in [3.8, 4) is 0 Å². The van der Waals surface area contributed by atoms with E-state index in [4.69, 9.17) is 17.0 Å². The summed E-state index contributed by atoms with van der Waals surface area (Å²) in [7, 11) is 0. The molecule has 2 saturated heterocycles. The van der Waals surface area contributed by atoms with E-state index in [9.17, 15) is 0 Å². The first kappa shape index (κ1) is 16.5. The van der Waals surface area contributed by atoms with Crippen LogP contribution >= 0.6 is 12.2 Å². The lowest BCUT2D eigenvalue weighted by atomic mass is 10.2. The molecule has 2 aromatic rings. The summed E-state index contributed by atoms with van der Waals surface area (Å²) < 4.78 is 5.87. The number of benzene rings is 2. The number of para-hydroxylation sites is 2. The molecule has 5 heteroatoms. The normalized spacial score (nSPS) is 21.8. The zero-order valence-electron chi connectivity index (χ0n) is 14.3. The van der Waals surface area contributed by atoms with E-state index in [0.29, 0.717) is 6.10 Å². The molecular formula is C20H24N3OS+. The van der Waals surface area contributed by atoms with Crippen LogP contribution in [-0.4, -0.2) is 37.7 Å². The van der Waals surface area contributed by atoms with E-state index >= 15 is 0 Å². The molecule has 4 nitrogen and oxygen atoms in total. The molecule has 0 aliphatic carbocycles. The predicted molar refractivity (Wildman–Crippen MR) is 105 cm³/mol. The summed E-state index contributed by atoms with van der Waals surface area (Å²) in [6.45, 7) is 3.69. The molecule has 130 valence electrons. The molecule has 2 fully saturated rings. The number of hydrogen-bond donors (Lipinski definition) is 1. The first-order valence-electron chi connectivity index (χ1n) is 8.95. The van der Waals surface area contributed by atoms with Crippen LogP contribution in [0.15, 0.2) is 60.7 Å². The Hall–Kier alpha value is -1.95. The van der Waals surface area contributed by atoms with E-state index in [1.165, 1.54) is 17.7 Å². The second kappa shape index (κ2) is 7.52. The predicted octanol–water partition coefficient (Wildman–Crippen LogP) is 2.28. The van der Waals surface area contributed by atoms with Crippen molar-refractivity contribution in [3.05, 3.63) is 60.7 Å². The van der Waals surface area contributed by atoms with Crippen LogP contribution in [0.4, 0.5) is 11.4 Å². The van der Waals surface area contributed by atoms with E-state index in [0.717, 1.165) is 43.0 Å². The molecule has 0 bridgehead atoms. The molecule has 1 atom stereocenters. The SMILES string of the molecule is S=C1N(c2ccccc2)C[NH+](C[C@H]2CCCO2)CN1c1ccccc1. The number of hydrogen-bond acceptors (Lipinski definition) is 2. The highest BCUT2D eigenvalue weighted by Crippen LogP contribution is 2.21. The zero-order chi connectivity index (χ0) is 17.1. The molecule has 0 saturated carbocycles. The standard InChI is InChI=1S/C20H23N3OS/c25-20-22(17-8-3-1-4-9-17)15-21(14-19-12-7-13-24-19)16-23(20)18-10-5-2-6-11-18/h1-6,8-11,19H,7,12-16H2/p+1/t19-/m1/s1. The van der Waals surface area contributed by atoms with E-state index in [1.807, 2.05) is 12.1 Å². The lowest BCUT2D eigenvalue weighted by Gasteiger charge is -2.42. The average Bonchev–Trinajstić information content (AvgIpc) is 3.17. The molecule has 2 heterocycles. The Kier molecular flexibility index (Phi) is 4.97. The molecule has 25 heavy (non-hydrogen) atoms. The van der Waals surface area contributed by atoms with Crippen molar-refractivity contribution >= 4 is 28.7 Å². The van der Waals surface area contributed by atoms with Crippen molar-refractivity contribution in [1.29, 1.82) is 0 Å². The summed E-state index contributed by atoms with van der Waals surface area (Å²) in [5, 5.41) is 0.869. The fourth-order valence-electron chi connectivity index (χ4n) is 3.65. The van der Waals surface area contributed by atoms with E-state index in [-0.39, 0.29) is 0 Å². The highest BCUT2D eigenvalue weighted by Gasteiger charge is 2.34.